The molecule has 1 heterocycles. The second-order valence-electron chi connectivity index (χ2n) is 9.27. The molecule has 1 aliphatic rings. The van der Waals surface area contributed by atoms with Crippen LogP contribution < -0.4 is 19.5 Å². The summed E-state index contributed by atoms with van der Waals surface area (Å²) in [6.45, 7) is 5.74. The van der Waals surface area contributed by atoms with Crippen molar-refractivity contribution in [3.8, 4) is 17.2 Å². The minimum Gasteiger partial charge on any atom is -0.497 e. The number of carboxylic acids is 1. The quantitative estimate of drug-likeness (QED) is 0.185. The number of amides is 3. The van der Waals surface area contributed by atoms with Gasteiger partial charge in [0.1, 0.15) is 18.9 Å². The number of nitrogens with zero attached hydrogens (tertiary/aromatic N) is 1. The molecule has 222 valence electrons. The Morgan fingerprint density at radius 2 is 1.77 bits per heavy atom. The smallest absolute Gasteiger partial charge is 0.335 e. The molecule has 3 aromatic rings. The number of carbonyl (C=O) groups excluding carboxylic acids is 3. The predicted octanol–water partition coefficient (Wildman–Crippen LogP) is 5.77. The molecule has 11 heteroatoms. The summed E-state index contributed by atoms with van der Waals surface area (Å²) >= 11 is 0.751. The highest BCUT2D eigenvalue weighted by atomic mass is 32.2. The van der Waals surface area contributed by atoms with Crippen molar-refractivity contribution in [2.24, 2.45) is 0 Å². The first-order chi connectivity index (χ1) is 20.7. The molecule has 0 aromatic heterocycles. The van der Waals surface area contributed by atoms with Crippen molar-refractivity contribution in [3.05, 3.63) is 100 Å². The Hall–Kier alpha value is -5.03. The number of carboxylic acid groups (broad SMARTS) is 1. The van der Waals surface area contributed by atoms with Gasteiger partial charge in [-0.25, -0.2) is 4.79 Å². The van der Waals surface area contributed by atoms with E-state index in [-0.39, 0.29) is 17.1 Å². The van der Waals surface area contributed by atoms with Crippen molar-refractivity contribution in [1.29, 1.82) is 0 Å². The van der Waals surface area contributed by atoms with E-state index in [4.69, 9.17) is 19.3 Å². The molecule has 0 spiro atoms. The largest absolute Gasteiger partial charge is 0.497 e. The van der Waals surface area contributed by atoms with E-state index >= 15 is 0 Å². The average molecular weight is 603 g/mol. The Kier molecular flexibility index (Phi) is 10.2. The maximum atomic E-state index is 13.1. The van der Waals surface area contributed by atoms with Crippen molar-refractivity contribution in [1.82, 2.24) is 4.90 Å². The SMILES string of the molecule is C=CCc1cc(/C=C2/SC(=O)N(CC(=O)Nc3ccc(OC)cc3)C2=O)cc(OCC)c1OCc1ccc(C(=O)O)cc1. The third kappa shape index (κ3) is 7.83. The number of imide groups is 1. The number of anilines is 1. The van der Waals surface area contributed by atoms with Crippen LogP contribution in [0.2, 0.25) is 0 Å². The van der Waals surface area contributed by atoms with Crippen molar-refractivity contribution in [2.45, 2.75) is 20.0 Å². The van der Waals surface area contributed by atoms with E-state index in [1.54, 1.807) is 54.6 Å². The molecule has 0 unspecified atom stereocenters. The lowest BCUT2D eigenvalue weighted by Crippen LogP contribution is -2.36. The van der Waals surface area contributed by atoms with Gasteiger partial charge in [0, 0.05) is 11.3 Å². The standard InChI is InChI=1S/C32H30N2O8S/c1-4-6-23-15-21(16-26(41-5-2)29(23)42-19-20-7-9-22(10-8-20)31(37)38)17-27-30(36)34(32(39)43-27)18-28(35)33-24-11-13-25(40-3)14-12-24/h4,7-17H,1,5-6,18-19H2,2-3H3,(H,33,35)(H,37,38)/b27-17+. The van der Waals surface area contributed by atoms with Crippen molar-refractivity contribution < 1.29 is 38.5 Å². The van der Waals surface area contributed by atoms with E-state index in [0.29, 0.717) is 41.5 Å². The van der Waals surface area contributed by atoms with Gasteiger partial charge in [-0.05, 0) is 90.8 Å². The van der Waals surface area contributed by atoms with Gasteiger partial charge in [0.05, 0.1) is 24.2 Å². The zero-order valence-electron chi connectivity index (χ0n) is 23.6. The molecule has 2 N–H and O–H groups in total. The van der Waals surface area contributed by atoms with Crippen LogP contribution in [0.4, 0.5) is 10.5 Å². The second kappa shape index (κ2) is 14.2. The molecular formula is C32H30N2O8S. The lowest BCUT2D eigenvalue weighted by atomic mass is 10.0. The third-order valence-electron chi connectivity index (χ3n) is 6.25. The fraction of sp³-hybridized carbons (Fsp3) is 0.188. The number of allylic oxidation sites excluding steroid dienone is 1. The van der Waals surface area contributed by atoms with Gasteiger partial charge in [-0.1, -0.05) is 18.2 Å². The first-order valence-electron chi connectivity index (χ1n) is 13.3. The van der Waals surface area contributed by atoms with Crippen LogP contribution >= 0.6 is 11.8 Å². The molecule has 43 heavy (non-hydrogen) atoms. The Morgan fingerprint density at radius 1 is 1.05 bits per heavy atom. The van der Waals surface area contributed by atoms with Gasteiger partial charge >= 0.3 is 5.97 Å². The summed E-state index contributed by atoms with van der Waals surface area (Å²) in [5.74, 6) is -0.542. The van der Waals surface area contributed by atoms with Crippen LogP contribution in [0.1, 0.15) is 34.0 Å². The highest BCUT2D eigenvalue weighted by molar-refractivity contribution is 8.18. The van der Waals surface area contributed by atoms with E-state index in [2.05, 4.69) is 11.9 Å². The molecule has 4 rings (SSSR count). The highest BCUT2D eigenvalue weighted by Gasteiger charge is 2.36. The molecule has 0 atom stereocenters. The number of aromatic carboxylic acids is 1. The zero-order valence-corrected chi connectivity index (χ0v) is 24.4. The normalized spacial score (nSPS) is 13.6. The Balaban J connectivity index is 1.52. The van der Waals surface area contributed by atoms with Gasteiger partial charge in [-0.15, -0.1) is 6.58 Å². The summed E-state index contributed by atoms with van der Waals surface area (Å²) in [5, 5.41) is 11.3. The van der Waals surface area contributed by atoms with E-state index < -0.39 is 29.6 Å². The van der Waals surface area contributed by atoms with Crippen molar-refractivity contribution >= 4 is 46.5 Å². The monoisotopic (exact) mass is 602 g/mol. The maximum absolute atomic E-state index is 13.1. The van der Waals surface area contributed by atoms with E-state index in [9.17, 15) is 19.2 Å². The molecule has 1 fully saturated rings. The minimum atomic E-state index is -1.01. The van der Waals surface area contributed by atoms with Crippen LogP contribution in [0.25, 0.3) is 6.08 Å². The number of nitrogens with one attached hydrogen (secondary N) is 1. The number of ether oxygens (including phenoxy) is 3. The number of hydrogen-bond donors (Lipinski definition) is 2. The molecule has 0 saturated carbocycles. The topological polar surface area (TPSA) is 131 Å². The van der Waals surface area contributed by atoms with Gasteiger partial charge in [-0.3, -0.25) is 19.3 Å². The summed E-state index contributed by atoms with van der Waals surface area (Å²) in [5.41, 5.74) is 2.80. The Morgan fingerprint density at radius 3 is 2.40 bits per heavy atom. The molecule has 0 aliphatic carbocycles. The lowest BCUT2D eigenvalue weighted by molar-refractivity contribution is -0.127. The average Bonchev–Trinajstić information content (AvgIpc) is 3.24. The van der Waals surface area contributed by atoms with E-state index in [1.807, 2.05) is 13.0 Å². The van der Waals surface area contributed by atoms with Gasteiger partial charge < -0.3 is 24.6 Å². The van der Waals surface area contributed by atoms with Gasteiger partial charge in [0.2, 0.25) is 5.91 Å². The number of benzene rings is 3. The molecule has 0 bridgehead atoms. The lowest BCUT2D eigenvalue weighted by Gasteiger charge is -2.17. The third-order valence-corrected chi connectivity index (χ3v) is 7.16. The molecule has 0 radical (unpaired) electrons. The predicted molar refractivity (Wildman–Crippen MR) is 164 cm³/mol. The Labute approximate surface area is 252 Å². The van der Waals surface area contributed by atoms with Crippen LogP contribution in [0.3, 0.4) is 0 Å². The van der Waals surface area contributed by atoms with Gasteiger partial charge in [0.25, 0.3) is 11.1 Å². The van der Waals surface area contributed by atoms with Crippen LogP contribution in [0, 0.1) is 0 Å². The zero-order chi connectivity index (χ0) is 30.9. The van der Waals surface area contributed by atoms with Crippen LogP contribution in [-0.4, -0.2) is 53.3 Å². The van der Waals surface area contributed by atoms with E-state index in [0.717, 1.165) is 27.8 Å². The van der Waals surface area contributed by atoms with Crippen LogP contribution in [-0.2, 0) is 22.6 Å². The minimum absolute atomic E-state index is 0.168. The molecule has 3 aromatic carbocycles. The summed E-state index contributed by atoms with van der Waals surface area (Å²) in [6.07, 6.45) is 3.72. The number of thioether (sulfide) groups is 1. The summed E-state index contributed by atoms with van der Waals surface area (Å²) in [4.78, 5) is 50.6. The second-order valence-corrected chi connectivity index (χ2v) is 10.3. The summed E-state index contributed by atoms with van der Waals surface area (Å²) < 4.78 is 17.1. The molecule has 1 saturated heterocycles. The first kappa shape index (κ1) is 30.9. The van der Waals surface area contributed by atoms with Crippen molar-refractivity contribution in [2.75, 3.05) is 25.6 Å². The first-order valence-corrected chi connectivity index (χ1v) is 14.1. The summed E-state index contributed by atoms with van der Waals surface area (Å²) in [6, 6.07) is 16.6. The molecule has 10 nitrogen and oxygen atoms in total. The molecule has 1 aliphatic heterocycles. The molecule has 3 amide bonds. The summed E-state index contributed by atoms with van der Waals surface area (Å²) in [7, 11) is 1.54. The van der Waals surface area contributed by atoms with Gasteiger partial charge in [0.15, 0.2) is 11.5 Å². The Bertz CT molecular complexity index is 1570. The number of hydrogen-bond acceptors (Lipinski definition) is 8. The van der Waals surface area contributed by atoms with E-state index in [1.165, 1.54) is 19.2 Å². The van der Waals surface area contributed by atoms with Crippen molar-refractivity contribution in [3.63, 3.8) is 0 Å². The number of methoxy groups -OCH3 is 1. The number of rotatable bonds is 13. The maximum Gasteiger partial charge on any atom is 0.335 e. The fourth-order valence-corrected chi connectivity index (χ4v) is 5.04. The highest BCUT2D eigenvalue weighted by Crippen LogP contribution is 2.38. The number of carbonyl (C=O) groups is 4. The molecular weight excluding hydrogens is 572 g/mol. The van der Waals surface area contributed by atoms with Gasteiger partial charge in [-0.2, -0.15) is 0 Å². The fourth-order valence-electron chi connectivity index (χ4n) is 4.21. The van der Waals surface area contributed by atoms with Crippen LogP contribution in [0.5, 0.6) is 17.2 Å². The van der Waals surface area contributed by atoms with Crippen LogP contribution in [0.15, 0.2) is 78.2 Å².